The van der Waals surface area contributed by atoms with Crippen LogP contribution in [0.15, 0.2) is 24.3 Å². The molecule has 0 saturated heterocycles. The zero-order valence-electron chi connectivity index (χ0n) is 11.8. The van der Waals surface area contributed by atoms with E-state index in [0.717, 1.165) is 23.1 Å². The molecule has 0 radical (unpaired) electrons. The van der Waals surface area contributed by atoms with Crippen LogP contribution in [0.25, 0.3) is 0 Å². The highest BCUT2D eigenvalue weighted by molar-refractivity contribution is 8.01. The molecular formula is C14H19NO4S. The second-order valence-electron chi connectivity index (χ2n) is 4.73. The SMILES string of the molecule is COc1cccc(CNC(=O)CSC(C)(C)C(=O)O)c1. The van der Waals surface area contributed by atoms with Crippen molar-refractivity contribution in [2.75, 3.05) is 12.9 Å². The average molecular weight is 297 g/mol. The molecule has 0 heterocycles. The van der Waals surface area contributed by atoms with Crippen molar-refractivity contribution in [2.45, 2.75) is 25.1 Å². The number of rotatable bonds is 7. The number of nitrogens with one attached hydrogen (secondary N) is 1. The van der Waals surface area contributed by atoms with Gasteiger partial charge in [0.2, 0.25) is 5.91 Å². The summed E-state index contributed by atoms with van der Waals surface area (Å²) in [5.41, 5.74) is 0.931. The van der Waals surface area contributed by atoms with Crippen LogP contribution < -0.4 is 10.1 Å². The van der Waals surface area contributed by atoms with Gasteiger partial charge in [-0.05, 0) is 31.5 Å². The Labute approximate surface area is 122 Å². The fourth-order valence-corrected chi connectivity index (χ4v) is 2.06. The van der Waals surface area contributed by atoms with Crippen molar-refractivity contribution in [3.05, 3.63) is 29.8 Å². The number of benzene rings is 1. The molecule has 0 saturated carbocycles. The summed E-state index contributed by atoms with van der Waals surface area (Å²) in [6.07, 6.45) is 0. The van der Waals surface area contributed by atoms with Crippen LogP contribution in [0, 0.1) is 0 Å². The van der Waals surface area contributed by atoms with E-state index in [-0.39, 0.29) is 11.7 Å². The molecule has 0 aliphatic rings. The second kappa shape index (κ2) is 7.19. The normalized spacial score (nSPS) is 10.9. The third-order valence-electron chi connectivity index (χ3n) is 2.70. The van der Waals surface area contributed by atoms with Crippen molar-refractivity contribution in [1.82, 2.24) is 5.32 Å². The molecular weight excluding hydrogens is 278 g/mol. The van der Waals surface area contributed by atoms with Crippen LogP contribution in [-0.4, -0.2) is 34.6 Å². The minimum Gasteiger partial charge on any atom is -0.497 e. The lowest BCUT2D eigenvalue weighted by atomic mass is 10.2. The summed E-state index contributed by atoms with van der Waals surface area (Å²) in [6, 6.07) is 7.41. The number of methoxy groups -OCH3 is 1. The van der Waals surface area contributed by atoms with Gasteiger partial charge in [-0.2, -0.15) is 0 Å². The topological polar surface area (TPSA) is 75.6 Å². The molecule has 1 amide bonds. The Bertz CT molecular complexity index is 488. The third-order valence-corrected chi connectivity index (χ3v) is 4.01. The number of carbonyl (C=O) groups excluding carboxylic acids is 1. The third kappa shape index (κ3) is 5.13. The Balaban J connectivity index is 2.42. The summed E-state index contributed by atoms with van der Waals surface area (Å²) in [6.45, 7) is 3.55. The van der Waals surface area contributed by atoms with Crippen LogP contribution in [0.2, 0.25) is 0 Å². The summed E-state index contributed by atoms with van der Waals surface area (Å²) in [7, 11) is 1.59. The highest BCUT2D eigenvalue weighted by atomic mass is 32.2. The Morgan fingerprint density at radius 3 is 2.70 bits per heavy atom. The van der Waals surface area contributed by atoms with Crippen LogP contribution in [-0.2, 0) is 16.1 Å². The van der Waals surface area contributed by atoms with Gasteiger partial charge in [0.1, 0.15) is 10.5 Å². The molecule has 1 aromatic rings. The molecule has 6 heteroatoms. The number of aliphatic carboxylic acids is 1. The zero-order valence-corrected chi connectivity index (χ0v) is 12.6. The number of hydrogen-bond acceptors (Lipinski definition) is 4. The van der Waals surface area contributed by atoms with Crippen LogP contribution in [0.4, 0.5) is 0 Å². The number of ether oxygens (including phenoxy) is 1. The first-order valence-electron chi connectivity index (χ1n) is 6.12. The van der Waals surface area contributed by atoms with Gasteiger partial charge in [0, 0.05) is 6.54 Å². The molecule has 1 aromatic carbocycles. The van der Waals surface area contributed by atoms with E-state index in [4.69, 9.17) is 9.84 Å². The van der Waals surface area contributed by atoms with Gasteiger partial charge < -0.3 is 15.2 Å². The van der Waals surface area contributed by atoms with E-state index in [9.17, 15) is 9.59 Å². The molecule has 20 heavy (non-hydrogen) atoms. The molecule has 0 aromatic heterocycles. The maximum Gasteiger partial charge on any atom is 0.319 e. The van der Waals surface area contributed by atoms with Gasteiger partial charge in [0.05, 0.1) is 12.9 Å². The monoisotopic (exact) mass is 297 g/mol. The van der Waals surface area contributed by atoms with Gasteiger partial charge in [-0.25, -0.2) is 0 Å². The van der Waals surface area contributed by atoms with Crippen molar-refractivity contribution >= 4 is 23.6 Å². The van der Waals surface area contributed by atoms with Gasteiger partial charge in [-0.3, -0.25) is 9.59 Å². The predicted molar refractivity (Wildman–Crippen MR) is 79.0 cm³/mol. The van der Waals surface area contributed by atoms with E-state index in [1.807, 2.05) is 24.3 Å². The highest BCUT2D eigenvalue weighted by Gasteiger charge is 2.28. The summed E-state index contributed by atoms with van der Waals surface area (Å²) >= 11 is 1.10. The lowest BCUT2D eigenvalue weighted by molar-refractivity contribution is -0.138. The number of amides is 1. The Kier molecular flexibility index (Phi) is 5.88. The van der Waals surface area contributed by atoms with Crippen molar-refractivity contribution < 1.29 is 19.4 Å². The molecule has 0 unspecified atom stereocenters. The van der Waals surface area contributed by atoms with Crippen LogP contribution >= 0.6 is 11.8 Å². The molecule has 0 atom stereocenters. The van der Waals surface area contributed by atoms with Crippen molar-refractivity contribution in [3.63, 3.8) is 0 Å². The maximum absolute atomic E-state index is 11.7. The lowest BCUT2D eigenvalue weighted by Gasteiger charge is -2.17. The van der Waals surface area contributed by atoms with E-state index in [0.29, 0.717) is 6.54 Å². The number of carboxylic acid groups (broad SMARTS) is 1. The molecule has 110 valence electrons. The molecule has 5 nitrogen and oxygen atoms in total. The molecule has 0 aliphatic carbocycles. The van der Waals surface area contributed by atoms with Gasteiger partial charge in [0.25, 0.3) is 0 Å². The van der Waals surface area contributed by atoms with Crippen molar-refractivity contribution in [2.24, 2.45) is 0 Å². The van der Waals surface area contributed by atoms with Gasteiger partial charge in [-0.15, -0.1) is 11.8 Å². The van der Waals surface area contributed by atoms with Crippen molar-refractivity contribution in [3.8, 4) is 5.75 Å². The highest BCUT2D eigenvalue weighted by Crippen LogP contribution is 2.24. The molecule has 0 fully saturated rings. The van der Waals surface area contributed by atoms with Crippen LogP contribution in [0.5, 0.6) is 5.75 Å². The second-order valence-corrected chi connectivity index (χ2v) is 6.33. The zero-order chi connectivity index (χ0) is 15.2. The average Bonchev–Trinajstić information content (AvgIpc) is 2.43. The summed E-state index contributed by atoms with van der Waals surface area (Å²) in [4.78, 5) is 22.6. The fraction of sp³-hybridized carbons (Fsp3) is 0.429. The fourth-order valence-electron chi connectivity index (χ4n) is 1.34. The van der Waals surface area contributed by atoms with E-state index in [2.05, 4.69) is 5.32 Å². The van der Waals surface area contributed by atoms with Gasteiger partial charge in [-0.1, -0.05) is 12.1 Å². The first-order valence-corrected chi connectivity index (χ1v) is 7.10. The summed E-state index contributed by atoms with van der Waals surface area (Å²) < 4.78 is 4.13. The van der Waals surface area contributed by atoms with E-state index in [1.54, 1.807) is 21.0 Å². The Morgan fingerprint density at radius 1 is 1.40 bits per heavy atom. The van der Waals surface area contributed by atoms with Crippen LogP contribution in [0.1, 0.15) is 19.4 Å². The van der Waals surface area contributed by atoms with Gasteiger partial charge in [0.15, 0.2) is 0 Å². The largest absolute Gasteiger partial charge is 0.497 e. The molecule has 2 N–H and O–H groups in total. The molecule has 0 spiro atoms. The number of carbonyl (C=O) groups is 2. The van der Waals surface area contributed by atoms with Gasteiger partial charge >= 0.3 is 5.97 Å². The quantitative estimate of drug-likeness (QED) is 0.804. The predicted octanol–water partition coefficient (Wildman–Crippen LogP) is 1.91. The maximum atomic E-state index is 11.7. The molecule has 0 aliphatic heterocycles. The summed E-state index contributed by atoms with van der Waals surface area (Å²) in [5, 5.41) is 11.7. The summed E-state index contributed by atoms with van der Waals surface area (Å²) in [5.74, 6) is -0.267. The first-order chi connectivity index (χ1) is 9.35. The lowest BCUT2D eigenvalue weighted by Crippen LogP contribution is -2.32. The number of thioether (sulfide) groups is 1. The number of carboxylic acids is 1. The molecule has 1 rings (SSSR count). The van der Waals surface area contributed by atoms with E-state index in [1.165, 1.54) is 0 Å². The van der Waals surface area contributed by atoms with Crippen molar-refractivity contribution in [1.29, 1.82) is 0 Å². The Morgan fingerprint density at radius 2 is 2.10 bits per heavy atom. The van der Waals surface area contributed by atoms with Crippen LogP contribution in [0.3, 0.4) is 0 Å². The van der Waals surface area contributed by atoms with E-state index < -0.39 is 10.7 Å². The standard InChI is InChI=1S/C14H19NO4S/c1-14(2,13(17)18)20-9-12(16)15-8-10-5-4-6-11(7-10)19-3/h4-7H,8-9H2,1-3H3,(H,15,16)(H,17,18). The minimum absolute atomic E-state index is 0.114. The minimum atomic E-state index is -0.965. The first kappa shape index (κ1) is 16.4. The molecule has 0 bridgehead atoms. The van der Waals surface area contributed by atoms with E-state index >= 15 is 0 Å². The number of hydrogen-bond donors (Lipinski definition) is 2. The smallest absolute Gasteiger partial charge is 0.319 e. The Hall–Kier alpha value is -1.69.